The molecule has 5 nitrogen and oxygen atoms in total. The van der Waals surface area contributed by atoms with Gasteiger partial charge in [0.05, 0.1) is 22.1 Å². The number of H-pyrrole nitrogens is 2. The number of aromatic nitrogens is 2. The first-order valence-electron chi connectivity index (χ1n) is 12.9. The van der Waals surface area contributed by atoms with E-state index in [1.807, 2.05) is 36.4 Å². The van der Waals surface area contributed by atoms with Crippen LogP contribution in [0.2, 0.25) is 0 Å². The summed E-state index contributed by atoms with van der Waals surface area (Å²) >= 11 is 0. The number of unbranched alkanes of at least 4 members (excludes halogenated alkanes) is 2. The molecule has 5 aromatic rings. The molecule has 0 bridgehead atoms. The number of hydrogen-bond acceptors (Lipinski definition) is 3. The summed E-state index contributed by atoms with van der Waals surface area (Å²) in [4.78, 5) is 36.3. The minimum atomic E-state index is -0.0147. The Bertz CT molecular complexity index is 1650. The first kappa shape index (κ1) is 23.2. The van der Waals surface area contributed by atoms with Crippen molar-refractivity contribution in [1.82, 2.24) is 9.97 Å². The van der Waals surface area contributed by atoms with Crippen molar-refractivity contribution in [2.24, 2.45) is 0 Å². The number of benzene rings is 3. The van der Waals surface area contributed by atoms with Gasteiger partial charge in [0.2, 0.25) is 0 Å². The zero-order valence-electron chi connectivity index (χ0n) is 20.8. The Hall–Kier alpha value is -3.60. The molecule has 0 aliphatic heterocycles. The van der Waals surface area contributed by atoms with Gasteiger partial charge in [0, 0.05) is 40.3 Å². The molecule has 0 fully saturated rings. The topological polar surface area (TPSA) is 69.0 Å². The van der Waals surface area contributed by atoms with E-state index in [4.69, 9.17) is 0 Å². The molecule has 0 unspecified atom stereocenters. The Labute approximate surface area is 204 Å². The van der Waals surface area contributed by atoms with E-state index in [2.05, 4.69) is 47.8 Å². The molecule has 35 heavy (non-hydrogen) atoms. The summed E-state index contributed by atoms with van der Waals surface area (Å²) in [6.07, 6.45) is 5.36. The summed E-state index contributed by atoms with van der Waals surface area (Å²) in [7, 11) is 0. The highest BCUT2D eigenvalue weighted by atomic mass is 16.1. The van der Waals surface area contributed by atoms with Crippen molar-refractivity contribution >= 4 is 49.3 Å². The van der Waals surface area contributed by atoms with Crippen LogP contribution in [-0.4, -0.2) is 23.1 Å². The van der Waals surface area contributed by atoms with Gasteiger partial charge in [-0.15, -0.1) is 0 Å². The van der Waals surface area contributed by atoms with Crippen molar-refractivity contribution < 1.29 is 0 Å². The largest absolute Gasteiger partial charge is 0.371 e. The molecular weight excluding hydrogens is 434 g/mol. The summed E-state index contributed by atoms with van der Waals surface area (Å²) in [5, 5.41) is 2.59. The van der Waals surface area contributed by atoms with Crippen LogP contribution in [0.25, 0.3) is 43.6 Å². The summed E-state index contributed by atoms with van der Waals surface area (Å²) in [6.45, 7) is 8.49. The van der Waals surface area contributed by atoms with Crippen molar-refractivity contribution in [2.45, 2.75) is 52.9 Å². The fourth-order valence-electron chi connectivity index (χ4n) is 5.12. The standard InChI is InChI=1S/C30H33N3O2/c1-4-7-14-33(15-8-5-2)20-12-13-21-25(16-20)32-26-18-23-27(17-22(26)29(21)34)31-24-11-9-10-19(6-3)28(24)30(23)35/h9-13,16-18H,4-8,14-15H2,1-3H3,(H,31,35)(H,32,34). The van der Waals surface area contributed by atoms with Gasteiger partial charge in [-0.25, -0.2) is 0 Å². The smallest absolute Gasteiger partial charge is 0.197 e. The van der Waals surface area contributed by atoms with Gasteiger partial charge in [-0.3, -0.25) is 9.59 Å². The van der Waals surface area contributed by atoms with E-state index in [-0.39, 0.29) is 10.9 Å². The van der Waals surface area contributed by atoms with Gasteiger partial charge in [-0.05, 0) is 61.2 Å². The Kier molecular flexibility index (Phi) is 6.33. The van der Waals surface area contributed by atoms with E-state index in [0.717, 1.165) is 72.9 Å². The van der Waals surface area contributed by atoms with Gasteiger partial charge in [-0.2, -0.15) is 0 Å². The lowest BCUT2D eigenvalue weighted by atomic mass is 10.0. The lowest BCUT2D eigenvalue weighted by molar-refractivity contribution is 0.678. The summed E-state index contributed by atoms with van der Waals surface area (Å²) < 4.78 is 0. The quantitative estimate of drug-likeness (QED) is 0.251. The second-order valence-corrected chi connectivity index (χ2v) is 9.47. The Morgan fingerprint density at radius 2 is 1.31 bits per heavy atom. The van der Waals surface area contributed by atoms with E-state index < -0.39 is 0 Å². The van der Waals surface area contributed by atoms with Crippen molar-refractivity contribution in [3.8, 4) is 0 Å². The maximum atomic E-state index is 13.5. The highest BCUT2D eigenvalue weighted by Crippen LogP contribution is 2.25. The van der Waals surface area contributed by atoms with E-state index in [1.54, 1.807) is 0 Å². The van der Waals surface area contributed by atoms with Crippen LogP contribution in [-0.2, 0) is 6.42 Å². The lowest BCUT2D eigenvalue weighted by Crippen LogP contribution is -2.25. The van der Waals surface area contributed by atoms with E-state index in [1.165, 1.54) is 0 Å². The monoisotopic (exact) mass is 467 g/mol. The Morgan fingerprint density at radius 1 is 0.686 bits per heavy atom. The third-order valence-electron chi connectivity index (χ3n) is 7.12. The third kappa shape index (κ3) is 4.09. The molecule has 0 spiro atoms. The maximum absolute atomic E-state index is 13.5. The van der Waals surface area contributed by atoms with Crippen LogP contribution in [0.3, 0.4) is 0 Å². The number of fused-ring (bicyclic) bond motifs is 4. The summed E-state index contributed by atoms with van der Waals surface area (Å²) in [5.74, 6) is 0. The number of hydrogen-bond donors (Lipinski definition) is 2. The number of nitrogens with one attached hydrogen (secondary N) is 2. The van der Waals surface area contributed by atoms with Gasteiger partial charge in [0.1, 0.15) is 0 Å². The van der Waals surface area contributed by atoms with Crippen molar-refractivity contribution in [3.63, 3.8) is 0 Å². The molecule has 2 heterocycles. The van der Waals surface area contributed by atoms with Crippen molar-refractivity contribution in [3.05, 3.63) is 74.5 Å². The van der Waals surface area contributed by atoms with Crippen molar-refractivity contribution in [1.29, 1.82) is 0 Å². The molecule has 0 aliphatic rings. The van der Waals surface area contributed by atoms with Crippen LogP contribution >= 0.6 is 0 Å². The molecule has 5 heteroatoms. The molecule has 0 radical (unpaired) electrons. The predicted octanol–water partition coefficient (Wildman–Crippen LogP) is 6.65. The van der Waals surface area contributed by atoms with Crippen molar-refractivity contribution in [2.75, 3.05) is 18.0 Å². The fraction of sp³-hybridized carbons (Fsp3) is 0.333. The number of pyridine rings is 2. The molecule has 5 rings (SSSR count). The maximum Gasteiger partial charge on any atom is 0.197 e. The van der Waals surface area contributed by atoms with E-state index in [9.17, 15) is 9.59 Å². The molecule has 2 N–H and O–H groups in total. The number of aromatic amines is 2. The van der Waals surface area contributed by atoms with E-state index >= 15 is 0 Å². The minimum absolute atomic E-state index is 0.00750. The van der Waals surface area contributed by atoms with Crippen LogP contribution in [0.15, 0.2) is 58.1 Å². The Morgan fingerprint density at radius 3 is 1.97 bits per heavy atom. The molecule has 0 amide bonds. The average molecular weight is 468 g/mol. The van der Waals surface area contributed by atoms with E-state index in [0.29, 0.717) is 27.2 Å². The SMILES string of the molecule is CCCCN(CCCC)c1ccc2c(=O)c3cc4[nH]c5cccc(CC)c5c(=O)c4cc3[nH]c2c1. The summed E-state index contributed by atoms with van der Waals surface area (Å²) in [6, 6.07) is 15.7. The van der Waals surface area contributed by atoms with Gasteiger partial charge < -0.3 is 14.9 Å². The molecule has 0 saturated heterocycles. The zero-order valence-corrected chi connectivity index (χ0v) is 20.8. The molecule has 0 saturated carbocycles. The number of anilines is 1. The number of rotatable bonds is 8. The normalized spacial score (nSPS) is 11.7. The molecule has 3 aromatic carbocycles. The minimum Gasteiger partial charge on any atom is -0.371 e. The van der Waals surface area contributed by atoms with Gasteiger partial charge in [0.25, 0.3) is 0 Å². The van der Waals surface area contributed by atoms with Gasteiger partial charge >= 0.3 is 0 Å². The second kappa shape index (κ2) is 9.57. The summed E-state index contributed by atoms with van der Waals surface area (Å²) in [5.41, 5.74) is 5.15. The molecular formula is C30H33N3O2. The zero-order chi connectivity index (χ0) is 24.5. The number of aryl methyl sites for hydroxylation is 1. The lowest BCUT2D eigenvalue weighted by Gasteiger charge is -2.25. The predicted molar refractivity (Wildman–Crippen MR) is 149 cm³/mol. The third-order valence-corrected chi connectivity index (χ3v) is 7.12. The average Bonchev–Trinajstić information content (AvgIpc) is 2.88. The van der Waals surface area contributed by atoms with Crippen LogP contribution in [0.4, 0.5) is 5.69 Å². The van der Waals surface area contributed by atoms with Crippen LogP contribution in [0, 0.1) is 0 Å². The molecule has 2 aromatic heterocycles. The first-order chi connectivity index (χ1) is 17.0. The number of nitrogens with zero attached hydrogens (tertiary/aromatic N) is 1. The molecule has 0 atom stereocenters. The highest BCUT2D eigenvalue weighted by Gasteiger charge is 2.14. The van der Waals surface area contributed by atoms with Crippen LogP contribution in [0.1, 0.15) is 52.0 Å². The molecule has 180 valence electrons. The molecule has 0 aliphatic carbocycles. The fourth-order valence-corrected chi connectivity index (χ4v) is 5.12. The van der Waals surface area contributed by atoms with Gasteiger partial charge in [-0.1, -0.05) is 45.7 Å². The van der Waals surface area contributed by atoms with Gasteiger partial charge in [0.15, 0.2) is 10.9 Å². The second-order valence-electron chi connectivity index (χ2n) is 9.47. The Balaban J connectivity index is 1.72. The first-order valence-corrected chi connectivity index (χ1v) is 12.9. The highest BCUT2D eigenvalue weighted by molar-refractivity contribution is 6.03. The van der Waals surface area contributed by atoms with Crippen LogP contribution in [0.5, 0.6) is 0 Å². The van der Waals surface area contributed by atoms with Crippen LogP contribution < -0.4 is 15.8 Å².